The zero-order chi connectivity index (χ0) is 25.5. The van der Waals surface area contributed by atoms with Gasteiger partial charge in [0, 0.05) is 18.7 Å². The van der Waals surface area contributed by atoms with Gasteiger partial charge in [-0.2, -0.15) is 0 Å². The van der Waals surface area contributed by atoms with Crippen molar-refractivity contribution in [1.82, 2.24) is 10.3 Å². The van der Waals surface area contributed by atoms with E-state index >= 15 is 0 Å². The average Bonchev–Trinajstić information content (AvgIpc) is 2.88. The Balaban J connectivity index is 1.26. The van der Waals surface area contributed by atoms with Crippen molar-refractivity contribution in [3.05, 3.63) is 87.8 Å². The van der Waals surface area contributed by atoms with Crippen molar-refractivity contribution in [1.29, 1.82) is 0 Å². The summed E-state index contributed by atoms with van der Waals surface area (Å²) in [5, 5.41) is 15.4. The molecule has 0 bridgehead atoms. The van der Waals surface area contributed by atoms with Crippen molar-refractivity contribution in [3.8, 4) is 5.75 Å². The number of aromatic nitrogens is 1. The number of hydrogen-bond donors (Lipinski definition) is 3. The summed E-state index contributed by atoms with van der Waals surface area (Å²) in [6.07, 6.45) is 3.86. The predicted molar refractivity (Wildman–Crippen MR) is 135 cm³/mol. The Bertz CT molecular complexity index is 1240. The van der Waals surface area contributed by atoms with Gasteiger partial charge >= 0.3 is 5.97 Å². The molecule has 9 heteroatoms. The van der Waals surface area contributed by atoms with E-state index in [0.29, 0.717) is 17.9 Å². The van der Waals surface area contributed by atoms with Gasteiger partial charge in [0.05, 0.1) is 17.2 Å². The predicted octanol–water partition coefficient (Wildman–Crippen LogP) is 4.67. The summed E-state index contributed by atoms with van der Waals surface area (Å²) in [4.78, 5) is 28.8. The Hall–Kier alpha value is -3.65. The number of aliphatic carboxylic acids is 1. The van der Waals surface area contributed by atoms with Gasteiger partial charge in [-0.3, -0.25) is 4.79 Å². The summed E-state index contributed by atoms with van der Waals surface area (Å²) in [5.74, 6) is -0.937. The number of rotatable bonds is 10. The van der Waals surface area contributed by atoms with Crippen molar-refractivity contribution in [2.75, 3.05) is 18.5 Å². The van der Waals surface area contributed by atoms with E-state index in [1.54, 1.807) is 24.3 Å². The largest absolute Gasteiger partial charge is 0.494 e. The first-order valence-electron chi connectivity index (χ1n) is 11.8. The van der Waals surface area contributed by atoms with Gasteiger partial charge in [-0.1, -0.05) is 29.8 Å². The number of carboxylic acids is 1. The number of pyridine rings is 1. The molecular formula is C27H27ClFN3O4. The molecule has 7 nitrogen and oxygen atoms in total. The number of fused-ring (bicyclic) bond motifs is 1. The minimum Gasteiger partial charge on any atom is -0.494 e. The smallest absolute Gasteiger partial charge is 0.326 e. The second-order valence-electron chi connectivity index (χ2n) is 8.63. The summed E-state index contributed by atoms with van der Waals surface area (Å²) in [6.45, 7) is 1.48. The topological polar surface area (TPSA) is 101 Å². The van der Waals surface area contributed by atoms with Crippen LogP contribution in [-0.4, -0.2) is 41.2 Å². The number of anilines is 1. The molecule has 0 unspecified atom stereocenters. The van der Waals surface area contributed by atoms with Crippen molar-refractivity contribution < 1.29 is 23.8 Å². The molecular weight excluding hydrogens is 485 g/mol. The Labute approximate surface area is 213 Å². The van der Waals surface area contributed by atoms with Crippen LogP contribution in [-0.2, 0) is 24.1 Å². The summed E-state index contributed by atoms with van der Waals surface area (Å²) < 4.78 is 19.3. The molecule has 1 amide bonds. The highest BCUT2D eigenvalue weighted by atomic mass is 35.5. The van der Waals surface area contributed by atoms with E-state index in [1.807, 2.05) is 0 Å². The zero-order valence-electron chi connectivity index (χ0n) is 19.6. The highest BCUT2D eigenvalue weighted by molar-refractivity contribution is 6.33. The van der Waals surface area contributed by atoms with Gasteiger partial charge in [-0.05, 0) is 73.2 Å². The number of amides is 1. The van der Waals surface area contributed by atoms with Gasteiger partial charge in [0.15, 0.2) is 0 Å². The number of carboxylic acid groups (broad SMARTS) is 1. The third-order valence-electron chi connectivity index (χ3n) is 5.94. The van der Waals surface area contributed by atoms with Crippen LogP contribution < -0.4 is 15.4 Å². The second kappa shape index (κ2) is 11.9. The molecule has 0 fully saturated rings. The maximum atomic E-state index is 13.5. The van der Waals surface area contributed by atoms with Gasteiger partial charge < -0.3 is 20.5 Å². The number of carbonyl (C=O) groups excluding carboxylic acids is 1. The lowest BCUT2D eigenvalue weighted by Gasteiger charge is -2.17. The number of benzene rings is 2. The number of nitrogens with zero attached hydrogens (tertiary/aromatic N) is 1. The summed E-state index contributed by atoms with van der Waals surface area (Å²) in [6, 6.07) is 13.4. The highest BCUT2D eigenvalue weighted by Crippen LogP contribution is 2.21. The summed E-state index contributed by atoms with van der Waals surface area (Å²) in [5.41, 5.74) is 2.88. The Morgan fingerprint density at radius 1 is 1.17 bits per heavy atom. The lowest BCUT2D eigenvalue weighted by molar-refractivity contribution is -0.139. The van der Waals surface area contributed by atoms with E-state index in [9.17, 15) is 19.1 Å². The molecule has 1 atom stereocenters. The monoisotopic (exact) mass is 511 g/mol. The van der Waals surface area contributed by atoms with Gasteiger partial charge in [0.1, 0.15) is 23.4 Å². The van der Waals surface area contributed by atoms with Gasteiger partial charge in [-0.15, -0.1) is 0 Å². The molecule has 1 aliphatic rings. The van der Waals surface area contributed by atoms with Crippen LogP contribution in [0.5, 0.6) is 5.75 Å². The number of carbonyl (C=O) groups is 2. The van der Waals surface area contributed by atoms with Crippen molar-refractivity contribution in [2.45, 2.75) is 38.1 Å². The molecule has 36 heavy (non-hydrogen) atoms. The average molecular weight is 512 g/mol. The normalized spacial score (nSPS) is 13.3. The van der Waals surface area contributed by atoms with Crippen molar-refractivity contribution in [3.63, 3.8) is 0 Å². The third-order valence-corrected chi connectivity index (χ3v) is 6.27. The molecule has 4 rings (SSSR count). The quantitative estimate of drug-likeness (QED) is 0.342. The lowest BCUT2D eigenvalue weighted by atomic mass is 10.1. The van der Waals surface area contributed by atoms with Gasteiger partial charge in [-0.25, -0.2) is 14.2 Å². The molecule has 3 aromatic rings. The zero-order valence-corrected chi connectivity index (χ0v) is 20.4. The Kier molecular flexibility index (Phi) is 8.38. The minimum atomic E-state index is -1.21. The maximum absolute atomic E-state index is 13.5. The van der Waals surface area contributed by atoms with E-state index in [4.69, 9.17) is 16.3 Å². The van der Waals surface area contributed by atoms with Crippen LogP contribution in [0.2, 0.25) is 5.02 Å². The molecule has 0 saturated carbocycles. The number of hydrogen-bond acceptors (Lipinski definition) is 5. The third kappa shape index (κ3) is 6.73. The van der Waals surface area contributed by atoms with Crippen LogP contribution in [0.25, 0.3) is 0 Å². The van der Waals surface area contributed by atoms with Crippen LogP contribution in [0, 0.1) is 5.82 Å². The molecule has 3 N–H and O–H groups in total. The molecule has 1 aromatic heterocycles. The molecule has 188 valence electrons. The molecule has 2 heterocycles. The van der Waals surface area contributed by atoms with E-state index < -0.39 is 23.7 Å². The SMILES string of the molecule is O=C(N[C@H](Cc1ccc(OCCCc2ccc3c(n2)NCCC3)cc1)C(=O)O)c1cc(F)ccc1Cl. The van der Waals surface area contributed by atoms with Gasteiger partial charge in [0.25, 0.3) is 5.91 Å². The number of aryl methyl sites for hydroxylation is 2. The van der Waals surface area contributed by atoms with Crippen molar-refractivity contribution in [2.24, 2.45) is 0 Å². The van der Waals surface area contributed by atoms with Crippen LogP contribution in [0.15, 0.2) is 54.6 Å². The number of ether oxygens (including phenoxy) is 1. The van der Waals surface area contributed by atoms with E-state index in [-0.39, 0.29) is 17.0 Å². The number of nitrogens with one attached hydrogen (secondary N) is 2. The minimum absolute atomic E-state index is 0.0404. The summed E-state index contributed by atoms with van der Waals surface area (Å²) in [7, 11) is 0. The Morgan fingerprint density at radius 2 is 1.97 bits per heavy atom. The lowest BCUT2D eigenvalue weighted by Crippen LogP contribution is -2.42. The second-order valence-corrected chi connectivity index (χ2v) is 9.04. The van der Waals surface area contributed by atoms with Crippen LogP contribution in [0.3, 0.4) is 0 Å². The van der Waals surface area contributed by atoms with Crippen LogP contribution in [0.4, 0.5) is 10.2 Å². The molecule has 0 spiro atoms. The fourth-order valence-electron chi connectivity index (χ4n) is 4.02. The standard InChI is InChI=1S/C27H27ClFN3O4/c28-23-12-8-19(29)16-22(23)26(33)32-24(27(34)35)15-17-5-10-21(11-6-17)36-14-2-4-20-9-7-18-3-1-13-30-25(18)31-20/h5-12,16,24H,1-4,13-15H2,(H,30,31)(H,32,33)(H,34,35)/t24-/m1/s1. The first-order chi connectivity index (χ1) is 17.4. The summed E-state index contributed by atoms with van der Waals surface area (Å²) >= 11 is 5.95. The molecule has 0 aliphatic carbocycles. The van der Waals surface area contributed by atoms with Crippen LogP contribution >= 0.6 is 11.6 Å². The van der Waals surface area contributed by atoms with Gasteiger partial charge in [0.2, 0.25) is 0 Å². The molecule has 0 radical (unpaired) electrons. The molecule has 0 saturated heterocycles. The van der Waals surface area contributed by atoms with Crippen molar-refractivity contribution >= 4 is 29.3 Å². The van der Waals surface area contributed by atoms with E-state index in [2.05, 4.69) is 27.8 Å². The maximum Gasteiger partial charge on any atom is 0.326 e. The van der Waals surface area contributed by atoms with E-state index in [0.717, 1.165) is 55.9 Å². The molecule has 1 aliphatic heterocycles. The first kappa shape index (κ1) is 25.4. The van der Waals surface area contributed by atoms with E-state index in [1.165, 1.54) is 11.6 Å². The first-order valence-corrected chi connectivity index (χ1v) is 12.2. The highest BCUT2D eigenvalue weighted by Gasteiger charge is 2.22. The fourth-order valence-corrected chi connectivity index (χ4v) is 4.22. The number of halogens is 2. The fraction of sp³-hybridized carbons (Fsp3) is 0.296. The molecule has 2 aromatic carbocycles. The van der Waals surface area contributed by atoms with Crippen LogP contribution in [0.1, 0.15) is 40.0 Å². The Morgan fingerprint density at radius 3 is 2.75 bits per heavy atom.